The zero-order valence-electron chi connectivity index (χ0n) is 19.5. The van der Waals surface area contributed by atoms with Crippen LogP contribution in [0.5, 0.6) is 11.5 Å². The third kappa shape index (κ3) is 3.58. The second-order valence-corrected chi connectivity index (χ2v) is 10.1. The number of hydrogen-bond donors (Lipinski definition) is 1. The summed E-state index contributed by atoms with van der Waals surface area (Å²) in [5, 5.41) is 6.09. The number of ether oxygens (including phenoxy) is 1. The van der Waals surface area contributed by atoms with Crippen molar-refractivity contribution >= 4 is 27.9 Å². The monoisotopic (exact) mass is 445 g/mol. The van der Waals surface area contributed by atoms with Crippen LogP contribution in [0.3, 0.4) is 0 Å². The van der Waals surface area contributed by atoms with E-state index in [0.29, 0.717) is 6.42 Å². The van der Waals surface area contributed by atoms with Crippen LogP contribution in [0.2, 0.25) is 0 Å². The molecule has 0 amide bonds. The maximum atomic E-state index is 13.6. The van der Waals surface area contributed by atoms with Crippen molar-refractivity contribution < 1.29 is 9.53 Å². The molecule has 4 aromatic rings. The third-order valence-corrected chi connectivity index (χ3v) is 6.99. The van der Waals surface area contributed by atoms with Crippen LogP contribution in [-0.2, 0) is 4.79 Å². The quantitative estimate of drug-likeness (QED) is 0.348. The Morgan fingerprint density at radius 1 is 0.853 bits per heavy atom. The largest absolute Gasteiger partial charge is 0.457 e. The van der Waals surface area contributed by atoms with Crippen molar-refractivity contribution in [3.63, 3.8) is 0 Å². The van der Waals surface area contributed by atoms with Gasteiger partial charge in [0.05, 0.1) is 5.70 Å². The van der Waals surface area contributed by atoms with Gasteiger partial charge < -0.3 is 10.1 Å². The van der Waals surface area contributed by atoms with Gasteiger partial charge in [-0.3, -0.25) is 4.79 Å². The lowest BCUT2D eigenvalue weighted by molar-refractivity contribution is -0.119. The molecule has 1 atom stereocenters. The molecule has 34 heavy (non-hydrogen) atoms. The van der Waals surface area contributed by atoms with Crippen molar-refractivity contribution in [3.05, 3.63) is 108 Å². The zero-order chi connectivity index (χ0) is 23.3. The van der Waals surface area contributed by atoms with Crippen molar-refractivity contribution in [3.8, 4) is 11.5 Å². The molecule has 1 fully saturated rings. The van der Waals surface area contributed by atoms with Gasteiger partial charge in [0.2, 0.25) is 0 Å². The minimum atomic E-state index is -0.0415. The Kier molecular flexibility index (Phi) is 4.80. The van der Waals surface area contributed by atoms with Crippen LogP contribution in [0.25, 0.3) is 16.5 Å². The predicted molar refractivity (Wildman–Crippen MR) is 138 cm³/mol. The molecule has 6 rings (SSSR count). The number of para-hydroxylation sites is 1. The van der Waals surface area contributed by atoms with E-state index in [1.165, 1.54) is 16.3 Å². The molecule has 1 heterocycles. The van der Waals surface area contributed by atoms with E-state index in [-0.39, 0.29) is 17.1 Å². The maximum Gasteiger partial charge on any atom is 0.162 e. The first-order valence-electron chi connectivity index (χ1n) is 11.9. The average Bonchev–Trinajstić information content (AvgIpc) is 2.83. The summed E-state index contributed by atoms with van der Waals surface area (Å²) in [6.45, 7) is 4.42. The van der Waals surface area contributed by atoms with E-state index in [2.05, 4.69) is 61.6 Å². The number of fused-ring (bicyclic) bond motifs is 5. The number of nitrogens with one attached hydrogen (secondary N) is 1. The topological polar surface area (TPSA) is 38.3 Å². The van der Waals surface area contributed by atoms with Gasteiger partial charge in [-0.15, -0.1) is 0 Å². The second kappa shape index (κ2) is 7.88. The summed E-state index contributed by atoms with van der Waals surface area (Å²) in [5.41, 5.74) is 5.07. The highest BCUT2D eigenvalue weighted by molar-refractivity contribution is 6.10. The normalized spacial score (nSPS) is 18.8. The zero-order valence-corrected chi connectivity index (χ0v) is 19.5. The molecule has 4 aromatic carbocycles. The summed E-state index contributed by atoms with van der Waals surface area (Å²) in [7, 11) is 0. The Balaban J connectivity index is 1.50. The minimum Gasteiger partial charge on any atom is -0.457 e. The highest BCUT2D eigenvalue weighted by atomic mass is 16.5. The second-order valence-electron chi connectivity index (χ2n) is 10.1. The molecule has 1 unspecified atom stereocenters. The van der Waals surface area contributed by atoms with Gasteiger partial charge in [0.1, 0.15) is 11.5 Å². The summed E-state index contributed by atoms with van der Waals surface area (Å²) in [5.74, 6) is 1.84. The molecule has 2 aliphatic rings. The number of Topliss-reactive ketones (excluding diaryl/α,β-unsaturated/α-hetero) is 1. The van der Waals surface area contributed by atoms with Crippen LogP contribution in [0, 0.1) is 5.41 Å². The molecule has 1 aliphatic heterocycles. The fraction of sp³-hybridized carbons (Fsp3) is 0.194. The van der Waals surface area contributed by atoms with Crippen LogP contribution in [0.1, 0.15) is 43.7 Å². The summed E-state index contributed by atoms with van der Waals surface area (Å²) in [6, 6.07) is 30.6. The maximum absolute atomic E-state index is 13.6. The van der Waals surface area contributed by atoms with E-state index in [4.69, 9.17) is 4.74 Å². The number of anilines is 1. The molecule has 0 saturated heterocycles. The van der Waals surface area contributed by atoms with Gasteiger partial charge in [0.15, 0.2) is 5.78 Å². The van der Waals surface area contributed by atoms with Gasteiger partial charge in [-0.2, -0.15) is 0 Å². The smallest absolute Gasteiger partial charge is 0.162 e. The summed E-state index contributed by atoms with van der Waals surface area (Å²) in [6.07, 6.45) is 1.50. The summed E-state index contributed by atoms with van der Waals surface area (Å²) < 4.78 is 6.10. The van der Waals surface area contributed by atoms with E-state index in [1.807, 2.05) is 48.5 Å². The SMILES string of the molecule is CC1(C)CC(=O)C2=C(c3cccc(Oc4ccccc4)c3)Nc3ccc4ccccc4c3C2C1. The predicted octanol–water partition coefficient (Wildman–Crippen LogP) is 7.94. The first kappa shape index (κ1) is 20.7. The van der Waals surface area contributed by atoms with Crippen molar-refractivity contribution in [2.45, 2.75) is 32.6 Å². The number of rotatable bonds is 3. The molecule has 3 heteroatoms. The summed E-state index contributed by atoms with van der Waals surface area (Å²) in [4.78, 5) is 13.6. The average molecular weight is 446 g/mol. The Labute approximate surface area is 200 Å². The number of allylic oxidation sites excluding steroid dienone is 1. The molecule has 0 bridgehead atoms. The molecule has 1 aliphatic carbocycles. The van der Waals surface area contributed by atoms with E-state index >= 15 is 0 Å². The fourth-order valence-corrected chi connectivity index (χ4v) is 5.56. The molecule has 168 valence electrons. The molecule has 3 nitrogen and oxygen atoms in total. The lowest BCUT2D eigenvalue weighted by atomic mass is 9.64. The number of ketones is 1. The molecular weight excluding hydrogens is 418 g/mol. The number of carbonyl (C=O) groups is 1. The van der Waals surface area contributed by atoms with Crippen LogP contribution >= 0.6 is 0 Å². The number of carbonyl (C=O) groups excluding carboxylic acids is 1. The number of benzene rings is 4. The highest BCUT2D eigenvalue weighted by Gasteiger charge is 2.42. The van der Waals surface area contributed by atoms with Crippen LogP contribution in [0.4, 0.5) is 5.69 Å². The molecule has 0 aromatic heterocycles. The van der Waals surface area contributed by atoms with Gasteiger partial charge >= 0.3 is 0 Å². The van der Waals surface area contributed by atoms with E-state index in [0.717, 1.165) is 40.4 Å². The van der Waals surface area contributed by atoms with Crippen molar-refractivity contribution in [2.75, 3.05) is 5.32 Å². The van der Waals surface area contributed by atoms with Crippen LogP contribution in [-0.4, -0.2) is 5.78 Å². The van der Waals surface area contributed by atoms with E-state index in [9.17, 15) is 4.79 Å². The van der Waals surface area contributed by atoms with Gasteiger partial charge in [-0.25, -0.2) is 0 Å². The Morgan fingerprint density at radius 3 is 2.47 bits per heavy atom. The molecule has 1 saturated carbocycles. The Bertz CT molecular complexity index is 1450. The Hall–Kier alpha value is -3.85. The van der Waals surface area contributed by atoms with Crippen molar-refractivity contribution in [1.29, 1.82) is 0 Å². The number of hydrogen-bond acceptors (Lipinski definition) is 3. The lowest BCUT2D eigenvalue weighted by Crippen LogP contribution is -2.34. The molecule has 0 spiro atoms. The molecular formula is C31H27NO2. The Morgan fingerprint density at radius 2 is 1.62 bits per heavy atom. The van der Waals surface area contributed by atoms with Gasteiger partial charge in [-0.1, -0.05) is 74.5 Å². The first-order chi connectivity index (χ1) is 16.5. The minimum absolute atomic E-state index is 0.0415. The van der Waals surface area contributed by atoms with E-state index in [1.54, 1.807) is 0 Å². The van der Waals surface area contributed by atoms with Crippen LogP contribution < -0.4 is 10.1 Å². The van der Waals surface area contributed by atoms with Gasteiger partial charge in [-0.05, 0) is 58.5 Å². The highest BCUT2D eigenvalue weighted by Crippen LogP contribution is 2.53. The van der Waals surface area contributed by atoms with Gasteiger partial charge in [0, 0.05) is 29.2 Å². The molecule has 1 N–H and O–H groups in total. The van der Waals surface area contributed by atoms with Gasteiger partial charge in [0.25, 0.3) is 0 Å². The van der Waals surface area contributed by atoms with E-state index < -0.39 is 0 Å². The molecule has 0 radical (unpaired) electrons. The van der Waals surface area contributed by atoms with Crippen molar-refractivity contribution in [2.24, 2.45) is 5.41 Å². The van der Waals surface area contributed by atoms with Crippen molar-refractivity contribution in [1.82, 2.24) is 0 Å². The standard InChI is InChI=1S/C31H27NO2/c1-31(2)18-25-28-24-14-7-6-9-20(24)15-16-26(28)32-30(29(25)27(33)19-31)21-10-8-13-23(17-21)34-22-11-4-3-5-12-22/h3-17,25,32H,18-19H2,1-2H3. The third-order valence-electron chi connectivity index (χ3n) is 6.99. The fourth-order valence-electron chi connectivity index (χ4n) is 5.56. The lowest BCUT2D eigenvalue weighted by Gasteiger charge is -2.41. The van der Waals surface area contributed by atoms with Crippen LogP contribution in [0.15, 0.2) is 96.6 Å². The first-order valence-corrected chi connectivity index (χ1v) is 11.9. The summed E-state index contributed by atoms with van der Waals surface area (Å²) >= 11 is 0.